The van der Waals surface area contributed by atoms with Gasteiger partial charge in [-0.25, -0.2) is 4.39 Å². The molecule has 0 spiro atoms. The fourth-order valence-electron chi connectivity index (χ4n) is 3.21. The van der Waals surface area contributed by atoms with Crippen molar-refractivity contribution >= 4 is 0 Å². The predicted molar refractivity (Wildman–Crippen MR) is 75.6 cm³/mol. The van der Waals surface area contributed by atoms with Gasteiger partial charge in [0.15, 0.2) is 0 Å². The van der Waals surface area contributed by atoms with Crippen LogP contribution in [0.4, 0.5) is 4.39 Å². The Kier molecular flexibility index (Phi) is 4.46. The Morgan fingerprint density at radius 3 is 2.42 bits per heavy atom. The molecule has 106 valence electrons. The molecular formula is C16H24FNO. The Morgan fingerprint density at radius 2 is 1.84 bits per heavy atom. The Morgan fingerprint density at radius 1 is 1.21 bits per heavy atom. The Balaban J connectivity index is 2.17. The van der Waals surface area contributed by atoms with Crippen molar-refractivity contribution in [2.75, 3.05) is 0 Å². The lowest BCUT2D eigenvalue weighted by molar-refractivity contribution is 0.0993. The third kappa shape index (κ3) is 3.47. The van der Waals surface area contributed by atoms with Crippen LogP contribution in [0, 0.1) is 17.7 Å². The monoisotopic (exact) mass is 265 g/mol. The zero-order valence-corrected chi connectivity index (χ0v) is 12.0. The smallest absolute Gasteiger partial charge is 0.131 e. The summed E-state index contributed by atoms with van der Waals surface area (Å²) >= 11 is 0. The predicted octanol–water partition coefficient (Wildman–Crippen LogP) is 4.05. The van der Waals surface area contributed by atoms with Gasteiger partial charge in [-0.1, -0.05) is 19.9 Å². The van der Waals surface area contributed by atoms with Gasteiger partial charge in [0.05, 0.1) is 6.10 Å². The van der Waals surface area contributed by atoms with E-state index in [9.17, 15) is 4.39 Å². The molecule has 3 atom stereocenters. The number of nitrogens with two attached hydrogens (primary N) is 1. The molecule has 2 unspecified atom stereocenters. The third-order valence-electron chi connectivity index (χ3n) is 3.90. The number of hydrogen-bond acceptors (Lipinski definition) is 2. The first-order valence-electron chi connectivity index (χ1n) is 7.18. The van der Waals surface area contributed by atoms with Crippen LogP contribution in [0.1, 0.15) is 51.6 Å². The topological polar surface area (TPSA) is 35.2 Å². The van der Waals surface area contributed by atoms with Crippen molar-refractivity contribution in [3.63, 3.8) is 0 Å². The standard InChI is InChI=1S/C16H24FNO/c1-10-7-11(2)9-13(8-10)19-15-6-4-5-14(17)16(15)12(3)18/h4-6,10-13H,7-9,18H2,1-3H3/t10?,11?,12-,13?/m0/s1. The van der Waals surface area contributed by atoms with Crippen molar-refractivity contribution in [2.24, 2.45) is 17.6 Å². The quantitative estimate of drug-likeness (QED) is 0.895. The third-order valence-corrected chi connectivity index (χ3v) is 3.90. The van der Waals surface area contributed by atoms with Crippen molar-refractivity contribution in [1.82, 2.24) is 0 Å². The van der Waals surface area contributed by atoms with Crippen molar-refractivity contribution in [3.8, 4) is 5.75 Å². The van der Waals surface area contributed by atoms with Crippen LogP contribution < -0.4 is 10.5 Å². The van der Waals surface area contributed by atoms with E-state index in [1.807, 2.05) is 6.07 Å². The highest BCUT2D eigenvalue weighted by atomic mass is 19.1. The molecule has 1 aliphatic rings. The van der Waals surface area contributed by atoms with Crippen LogP contribution in [0.25, 0.3) is 0 Å². The first kappa shape index (κ1) is 14.3. The first-order chi connectivity index (χ1) is 8.97. The minimum atomic E-state index is -0.352. The van der Waals surface area contributed by atoms with E-state index in [-0.39, 0.29) is 18.0 Å². The molecule has 0 saturated heterocycles. The molecule has 1 aromatic rings. The molecule has 0 aliphatic heterocycles. The lowest BCUT2D eigenvalue weighted by atomic mass is 9.82. The Hall–Kier alpha value is -1.09. The van der Waals surface area contributed by atoms with Crippen molar-refractivity contribution < 1.29 is 9.13 Å². The van der Waals surface area contributed by atoms with Crippen molar-refractivity contribution in [1.29, 1.82) is 0 Å². The zero-order chi connectivity index (χ0) is 14.0. The number of benzene rings is 1. The highest BCUT2D eigenvalue weighted by Crippen LogP contribution is 2.34. The van der Waals surface area contributed by atoms with E-state index in [0.29, 0.717) is 23.1 Å². The second-order valence-electron chi connectivity index (χ2n) is 6.10. The summed E-state index contributed by atoms with van der Waals surface area (Å²) in [5.74, 6) is 1.67. The maximum atomic E-state index is 13.8. The van der Waals surface area contributed by atoms with Gasteiger partial charge in [0.1, 0.15) is 11.6 Å². The fourth-order valence-corrected chi connectivity index (χ4v) is 3.21. The average Bonchev–Trinajstić information content (AvgIpc) is 2.26. The SMILES string of the molecule is CC1CC(C)CC(Oc2cccc(F)c2[C@H](C)N)C1. The molecule has 2 rings (SSSR count). The largest absolute Gasteiger partial charge is 0.490 e. The highest BCUT2D eigenvalue weighted by Gasteiger charge is 2.26. The lowest BCUT2D eigenvalue weighted by Gasteiger charge is -2.32. The average molecular weight is 265 g/mol. The number of rotatable bonds is 3. The second-order valence-corrected chi connectivity index (χ2v) is 6.10. The molecule has 0 aromatic heterocycles. The fraction of sp³-hybridized carbons (Fsp3) is 0.625. The van der Waals surface area contributed by atoms with E-state index in [0.717, 1.165) is 12.8 Å². The van der Waals surface area contributed by atoms with Gasteiger partial charge in [0.25, 0.3) is 0 Å². The van der Waals surface area contributed by atoms with Crippen LogP contribution in [-0.4, -0.2) is 6.10 Å². The van der Waals surface area contributed by atoms with Crippen LogP contribution in [0.15, 0.2) is 18.2 Å². The van der Waals surface area contributed by atoms with E-state index < -0.39 is 0 Å². The van der Waals surface area contributed by atoms with E-state index in [1.165, 1.54) is 12.5 Å². The molecule has 3 heteroatoms. The molecule has 0 heterocycles. The molecule has 0 amide bonds. The van der Waals surface area contributed by atoms with Crippen LogP contribution in [0.2, 0.25) is 0 Å². The summed E-state index contributed by atoms with van der Waals surface area (Å²) in [4.78, 5) is 0. The summed E-state index contributed by atoms with van der Waals surface area (Å²) < 4.78 is 19.9. The van der Waals surface area contributed by atoms with Crippen molar-refractivity contribution in [3.05, 3.63) is 29.6 Å². The van der Waals surface area contributed by atoms with Crippen LogP contribution in [-0.2, 0) is 0 Å². The minimum Gasteiger partial charge on any atom is -0.490 e. The molecule has 2 nitrogen and oxygen atoms in total. The molecule has 2 N–H and O–H groups in total. The molecule has 1 saturated carbocycles. The number of hydrogen-bond donors (Lipinski definition) is 1. The maximum Gasteiger partial charge on any atom is 0.131 e. The van der Waals surface area contributed by atoms with Crippen LogP contribution in [0.5, 0.6) is 5.75 Å². The summed E-state index contributed by atoms with van der Waals surface area (Å²) in [7, 11) is 0. The first-order valence-corrected chi connectivity index (χ1v) is 7.18. The Labute approximate surface area is 115 Å². The summed E-state index contributed by atoms with van der Waals surface area (Å²) in [5, 5.41) is 0. The molecule has 1 fully saturated rings. The van der Waals surface area contributed by atoms with Gasteiger partial charge in [0, 0.05) is 11.6 Å². The normalized spacial score (nSPS) is 29.0. The minimum absolute atomic E-state index is 0.179. The summed E-state index contributed by atoms with van der Waals surface area (Å²) in [6, 6.07) is 4.60. The van der Waals surface area contributed by atoms with E-state index in [1.54, 1.807) is 13.0 Å². The number of ether oxygens (including phenoxy) is 1. The highest BCUT2D eigenvalue weighted by molar-refractivity contribution is 5.37. The van der Waals surface area contributed by atoms with Gasteiger partial charge in [-0.05, 0) is 50.2 Å². The van der Waals surface area contributed by atoms with Gasteiger partial charge in [-0.3, -0.25) is 0 Å². The van der Waals surface area contributed by atoms with Gasteiger partial charge >= 0.3 is 0 Å². The van der Waals surface area contributed by atoms with Gasteiger partial charge in [-0.2, -0.15) is 0 Å². The number of halogens is 1. The van der Waals surface area contributed by atoms with Gasteiger partial charge in [0.2, 0.25) is 0 Å². The van der Waals surface area contributed by atoms with E-state index in [4.69, 9.17) is 10.5 Å². The van der Waals surface area contributed by atoms with Crippen LogP contribution >= 0.6 is 0 Å². The van der Waals surface area contributed by atoms with Gasteiger partial charge in [-0.15, -0.1) is 0 Å². The summed E-state index contributed by atoms with van der Waals surface area (Å²) in [5.41, 5.74) is 6.35. The zero-order valence-electron chi connectivity index (χ0n) is 12.0. The molecule has 1 aromatic carbocycles. The van der Waals surface area contributed by atoms with Crippen molar-refractivity contribution in [2.45, 2.75) is 52.2 Å². The maximum absolute atomic E-state index is 13.8. The molecular weight excluding hydrogens is 241 g/mol. The molecule has 0 radical (unpaired) electrons. The lowest BCUT2D eigenvalue weighted by Crippen LogP contribution is -2.29. The summed E-state index contributed by atoms with van der Waals surface area (Å²) in [6.07, 6.45) is 3.51. The molecule has 0 bridgehead atoms. The van der Waals surface area contributed by atoms with Crippen LogP contribution in [0.3, 0.4) is 0 Å². The summed E-state index contributed by atoms with van der Waals surface area (Å²) in [6.45, 7) is 6.30. The molecule has 19 heavy (non-hydrogen) atoms. The second kappa shape index (κ2) is 5.91. The Bertz CT molecular complexity index is 423. The molecule has 1 aliphatic carbocycles. The van der Waals surface area contributed by atoms with E-state index >= 15 is 0 Å². The van der Waals surface area contributed by atoms with E-state index in [2.05, 4.69) is 13.8 Å². The van der Waals surface area contributed by atoms with Gasteiger partial charge < -0.3 is 10.5 Å².